The molecular formula is C36H56N2O8. The van der Waals surface area contributed by atoms with Crippen molar-refractivity contribution in [2.75, 3.05) is 27.4 Å². The van der Waals surface area contributed by atoms with Gasteiger partial charge in [-0.2, -0.15) is 0 Å². The van der Waals surface area contributed by atoms with Gasteiger partial charge in [-0.05, 0) is 104 Å². The second kappa shape index (κ2) is 18.2. The minimum atomic E-state index is -0.549. The van der Waals surface area contributed by atoms with E-state index >= 15 is 0 Å². The van der Waals surface area contributed by atoms with Gasteiger partial charge in [0.25, 0.3) is 0 Å². The van der Waals surface area contributed by atoms with Crippen LogP contribution < -0.4 is 15.8 Å². The highest BCUT2D eigenvalue weighted by Gasteiger charge is 2.36. The highest BCUT2D eigenvalue weighted by atomic mass is 16.6. The number of aliphatic hydroxyl groups excluding tert-OH is 1. The van der Waals surface area contributed by atoms with Crippen LogP contribution in [0.5, 0.6) is 11.5 Å². The Morgan fingerprint density at radius 3 is 2.46 bits per heavy atom. The number of nitrogens with one attached hydrogen (secondary N) is 1. The number of phenolic OH excluding ortho intramolecular Hbond substituents is 1. The predicted molar refractivity (Wildman–Crippen MR) is 178 cm³/mol. The van der Waals surface area contributed by atoms with E-state index in [1.807, 2.05) is 12.2 Å². The van der Waals surface area contributed by atoms with Gasteiger partial charge in [0.1, 0.15) is 12.2 Å². The van der Waals surface area contributed by atoms with Gasteiger partial charge in [-0.1, -0.05) is 26.3 Å². The van der Waals surface area contributed by atoms with E-state index in [1.54, 1.807) is 19.2 Å². The summed E-state index contributed by atoms with van der Waals surface area (Å²) in [7, 11) is 3.18. The zero-order chi connectivity index (χ0) is 33.8. The molecule has 0 amide bonds. The molecule has 1 aromatic rings. The number of esters is 2. The summed E-state index contributed by atoms with van der Waals surface area (Å²) < 4.78 is 22.6. The van der Waals surface area contributed by atoms with Crippen molar-refractivity contribution in [2.45, 2.75) is 104 Å². The van der Waals surface area contributed by atoms with Crippen molar-refractivity contribution in [2.24, 2.45) is 29.4 Å². The minimum Gasteiger partial charge on any atom is -0.504 e. The molecule has 6 unspecified atom stereocenters. The van der Waals surface area contributed by atoms with E-state index in [-0.39, 0.29) is 17.6 Å². The third-order valence-electron chi connectivity index (χ3n) is 9.23. The lowest BCUT2D eigenvalue weighted by Gasteiger charge is -2.38. The average Bonchev–Trinajstić information content (AvgIpc) is 2.97. The van der Waals surface area contributed by atoms with Crippen LogP contribution in [-0.4, -0.2) is 67.8 Å². The second-order valence-corrected chi connectivity index (χ2v) is 13.4. The van der Waals surface area contributed by atoms with E-state index in [9.17, 15) is 19.8 Å². The standard InChI is InChI=1S/C36H56N2O8/c1-22(2)15-25-7-8-26(12-14-43-5)32(41)17-29(16-25)34(46-24(4)40)20-30(45-23(3)39)10-9-27-18-35(44-6)33(42)21-31(27)28-11-13-38-36(37)19-28/h11,18-19,21-22,25-26,29-30,32,34,38,41-42H,7-10,12-17,20,37H2,1-6H3. The maximum absolute atomic E-state index is 12.5. The second-order valence-electron chi connectivity index (χ2n) is 13.4. The van der Waals surface area contributed by atoms with E-state index in [0.717, 1.165) is 48.8 Å². The van der Waals surface area contributed by atoms with Crippen molar-refractivity contribution >= 4 is 17.5 Å². The van der Waals surface area contributed by atoms with E-state index in [1.165, 1.54) is 21.0 Å². The lowest BCUT2D eigenvalue weighted by molar-refractivity contribution is -0.157. The summed E-state index contributed by atoms with van der Waals surface area (Å²) in [5, 5.41) is 25.0. The molecule has 1 aromatic carbocycles. The van der Waals surface area contributed by atoms with Crippen molar-refractivity contribution in [3.63, 3.8) is 0 Å². The van der Waals surface area contributed by atoms with Gasteiger partial charge in [-0.15, -0.1) is 0 Å². The molecule has 0 bridgehead atoms. The van der Waals surface area contributed by atoms with Gasteiger partial charge in [0.05, 0.1) is 19.0 Å². The maximum Gasteiger partial charge on any atom is 0.302 e. The molecule has 1 aliphatic carbocycles. The molecule has 46 heavy (non-hydrogen) atoms. The molecule has 10 heteroatoms. The highest BCUT2D eigenvalue weighted by Crippen LogP contribution is 2.39. The molecule has 1 heterocycles. The van der Waals surface area contributed by atoms with E-state index in [2.05, 4.69) is 19.2 Å². The Morgan fingerprint density at radius 1 is 1.09 bits per heavy atom. The van der Waals surface area contributed by atoms with Gasteiger partial charge in [0.15, 0.2) is 11.5 Å². The first-order valence-corrected chi connectivity index (χ1v) is 16.7. The summed E-state index contributed by atoms with van der Waals surface area (Å²) in [5.74, 6) is 1.04. The molecule has 1 fully saturated rings. The third kappa shape index (κ3) is 11.5. The number of carbonyl (C=O) groups is 2. The molecule has 10 nitrogen and oxygen atoms in total. The van der Waals surface area contributed by atoms with Crippen molar-refractivity contribution in [1.82, 2.24) is 5.32 Å². The Hall–Kier alpha value is -3.24. The Labute approximate surface area is 274 Å². The molecule has 6 atom stereocenters. The number of hydrogen-bond acceptors (Lipinski definition) is 10. The van der Waals surface area contributed by atoms with E-state index in [0.29, 0.717) is 62.2 Å². The molecule has 1 aliphatic heterocycles. The summed E-state index contributed by atoms with van der Waals surface area (Å²) in [6.07, 6.45) is 8.55. The molecule has 5 N–H and O–H groups in total. The Kier molecular flexibility index (Phi) is 14.7. The quantitative estimate of drug-likeness (QED) is 0.187. The summed E-state index contributed by atoms with van der Waals surface area (Å²) >= 11 is 0. The number of aliphatic hydroxyl groups is 1. The van der Waals surface area contributed by atoms with Crippen LogP contribution >= 0.6 is 0 Å². The van der Waals surface area contributed by atoms with Crippen LogP contribution in [0.4, 0.5) is 0 Å². The number of rotatable bonds is 15. The summed E-state index contributed by atoms with van der Waals surface area (Å²) in [6.45, 7) is 8.38. The number of nitrogens with two attached hydrogens (primary N) is 1. The lowest BCUT2D eigenvalue weighted by atomic mass is 9.73. The SMILES string of the molecule is COCCC1CCC(CC(C)C)CC(C(CC(CCc2cc(OC)c(O)cc2C2=CCNC(N)=C2)OC(C)=O)OC(C)=O)CC1O. The molecule has 2 aliphatic rings. The van der Waals surface area contributed by atoms with Gasteiger partial charge in [-0.3, -0.25) is 9.59 Å². The van der Waals surface area contributed by atoms with Crippen LogP contribution in [0.25, 0.3) is 5.57 Å². The molecule has 0 aromatic heterocycles. The number of methoxy groups -OCH3 is 2. The fourth-order valence-electron chi connectivity index (χ4n) is 7.16. The monoisotopic (exact) mass is 644 g/mol. The minimum absolute atomic E-state index is 0.0155. The van der Waals surface area contributed by atoms with Crippen LogP contribution in [0.3, 0.4) is 0 Å². The molecule has 258 valence electrons. The largest absolute Gasteiger partial charge is 0.504 e. The average molecular weight is 645 g/mol. The summed E-state index contributed by atoms with van der Waals surface area (Å²) in [5.41, 5.74) is 8.62. The first-order chi connectivity index (χ1) is 21.9. The van der Waals surface area contributed by atoms with Crippen LogP contribution in [-0.2, 0) is 30.2 Å². The predicted octanol–water partition coefficient (Wildman–Crippen LogP) is 5.24. The zero-order valence-electron chi connectivity index (χ0n) is 28.6. The van der Waals surface area contributed by atoms with E-state index in [4.69, 9.17) is 24.7 Å². The maximum atomic E-state index is 12.5. The number of phenols is 1. The zero-order valence-corrected chi connectivity index (χ0v) is 28.6. The fourth-order valence-corrected chi connectivity index (χ4v) is 7.16. The first-order valence-electron chi connectivity index (χ1n) is 16.7. The molecule has 0 radical (unpaired) electrons. The van der Waals surface area contributed by atoms with Gasteiger partial charge in [0.2, 0.25) is 0 Å². The number of carbonyl (C=O) groups excluding carboxylic acids is 2. The molecular weight excluding hydrogens is 588 g/mol. The van der Waals surface area contributed by atoms with Gasteiger partial charge >= 0.3 is 11.9 Å². The number of aromatic hydroxyl groups is 1. The van der Waals surface area contributed by atoms with Gasteiger partial charge in [0, 0.05) is 40.5 Å². The van der Waals surface area contributed by atoms with Crippen LogP contribution in [0, 0.1) is 23.7 Å². The van der Waals surface area contributed by atoms with Gasteiger partial charge < -0.3 is 40.2 Å². The number of dihydropyridines is 1. The first kappa shape index (κ1) is 37.2. The molecule has 1 saturated carbocycles. The summed E-state index contributed by atoms with van der Waals surface area (Å²) in [4.78, 5) is 24.8. The number of benzene rings is 1. The molecule has 3 rings (SSSR count). The Balaban J connectivity index is 1.90. The normalized spacial score (nSPS) is 23.2. The van der Waals surface area contributed by atoms with Crippen LogP contribution in [0.2, 0.25) is 0 Å². The van der Waals surface area contributed by atoms with Crippen molar-refractivity contribution in [1.29, 1.82) is 0 Å². The Bertz CT molecular complexity index is 1210. The van der Waals surface area contributed by atoms with Gasteiger partial charge in [-0.25, -0.2) is 0 Å². The number of allylic oxidation sites excluding steroid dienone is 2. The molecule has 0 spiro atoms. The smallest absolute Gasteiger partial charge is 0.302 e. The topological polar surface area (TPSA) is 150 Å². The van der Waals surface area contributed by atoms with Crippen molar-refractivity contribution in [3.8, 4) is 11.5 Å². The number of hydrogen-bond donors (Lipinski definition) is 4. The van der Waals surface area contributed by atoms with Crippen molar-refractivity contribution in [3.05, 3.63) is 41.2 Å². The number of aryl methyl sites for hydroxylation is 1. The van der Waals surface area contributed by atoms with Crippen molar-refractivity contribution < 1.29 is 38.7 Å². The fraction of sp³-hybridized carbons (Fsp3) is 0.667. The summed E-state index contributed by atoms with van der Waals surface area (Å²) in [6, 6.07) is 3.47. The Morgan fingerprint density at radius 2 is 1.83 bits per heavy atom. The van der Waals surface area contributed by atoms with E-state index < -0.39 is 30.3 Å². The molecule has 0 saturated heterocycles. The number of ether oxygens (including phenoxy) is 4. The van der Waals surface area contributed by atoms with Crippen LogP contribution in [0.15, 0.2) is 30.1 Å². The van der Waals surface area contributed by atoms with Crippen LogP contribution in [0.1, 0.15) is 90.2 Å². The third-order valence-corrected chi connectivity index (χ3v) is 9.23. The highest BCUT2D eigenvalue weighted by molar-refractivity contribution is 5.79. The lowest BCUT2D eigenvalue weighted by Crippen LogP contribution is -2.38.